The summed E-state index contributed by atoms with van der Waals surface area (Å²) in [4.78, 5) is 14.6. The highest BCUT2D eigenvalue weighted by Crippen LogP contribution is 2.32. The van der Waals surface area contributed by atoms with Crippen molar-refractivity contribution in [1.29, 1.82) is 0 Å². The monoisotopic (exact) mass is 481 g/mol. The molecule has 0 aromatic heterocycles. The van der Waals surface area contributed by atoms with E-state index in [0.717, 1.165) is 0 Å². The van der Waals surface area contributed by atoms with E-state index in [-0.39, 0.29) is 21.5 Å². The van der Waals surface area contributed by atoms with E-state index < -0.39 is 16.1 Å². The van der Waals surface area contributed by atoms with Crippen LogP contribution in [0.15, 0.2) is 47.4 Å². The molecule has 3 rings (SSSR count). The van der Waals surface area contributed by atoms with Crippen LogP contribution < -0.4 is 14.9 Å². The molecule has 1 aliphatic rings. The van der Waals surface area contributed by atoms with Crippen LogP contribution in [0, 0.1) is 0 Å². The van der Waals surface area contributed by atoms with Gasteiger partial charge in [0.2, 0.25) is 0 Å². The molecule has 174 valence electrons. The molecule has 0 saturated carbocycles. The number of amides is 1. The number of nitrogens with one attached hydrogen (secondary N) is 2. The minimum Gasteiger partial charge on any atom is -0.378 e. The summed E-state index contributed by atoms with van der Waals surface area (Å²) in [6.07, 6.45) is -0.106. The van der Waals surface area contributed by atoms with Gasteiger partial charge < -0.3 is 19.7 Å². The van der Waals surface area contributed by atoms with Crippen LogP contribution in [-0.2, 0) is 24.3 Å². The van der Waals surface area contributed by atoms with Crippen molar-refractivity contribution in [1.82, 2.24) is 0 Å². The van der Waals surface area contributed by atoms with Crippen molar-refractivity contribution in [3.8, 4) is 0 Å². The van der Waals surface area contributed by atoms with Gasteiger partial charge in [-0.05, 0) is 43.7 Å². The van der Waals surface area contributed by atoms with E-state index in [9.17, 15) is 13.2 Å². The standard InChI is InChI=1S/C22H28ClN3O5S/c1-3-20(31-4-2)22(27)24-16-9-10-19(26-11-13-30-14-12-26)21(15-16)32(28,29)25-18-8-6-5-7-17(18)23/h5-10,15,20,25H,3-4,11-14H2,1-2H3,(H,24,27). The minimum atomic E-state index is -4.01. The lowest BCUT2D eigenvalue weighted by Crippen LogP contribution is -2.37. The summed E-state index contributed by atoms with van der Waals surface area (Å²) < 4.78 is 40.2. The average Bonchev–Trinajstić information content (AvgIpc) is 2.79. The van der Waals surface area contributed by atoms with Crippen LogP contribution >= 0.6 is 11.6 Å². The zero-order valence-corrected chi connectivity index (χ0v) is 19.7. The molecule has 0 bridgehead atoms. The van der Waals surface area contributed by atoms with E-state index in [4.69, 9.17) is 21.1 Å². The van der Waals surface area contributed by atoms with Gasteiger partial charge in [0.15, 0.2) is 0 Å². The SMILES string of the molecule is CCOC(CC)C(=O)Nc1ccc(N2CCOCC2)c(S(=O)(=O)Nc2ccccc2Cl)c1. The molecular formula is C22H28ClN3O5S. The molecule has 0 spiro atoms. The zero-order valence-electron chi connectivity index (χ0n) is 18.1. The summed E-state index contributed by atoms with van der Waals surface area (Å²) in [5.41, 5.74) is 1.17. The Bertz CT molecular complexity index is 1040. The van der Waals surface area contributed by atoms with Gasteiger partial charge in [0.1, 0.15) is 11.0 Å². The number of hydrogen-bond acceptors (Lipinski definition) is 6. The number of para-hydroxylation sites is 1. The van der Waals surface area contributed by atoms with Gasteiger partial charge in [0, 0.05) is 25.4 Å². The van der Waals surface area contributed by atoms with E-state index in [1.807, 2.05) is 18.7 Å². The summed E-state index contributed by atoms with van der Waals surface area (Å²) in [6.45, 7) is 6.20. The lowest BCUT2D eigenvalue weighted by Gasteiger charge is -2.30. The van der Waals surface area contributed by atoms with Gasteiger partial charge in [-0.25, -0.2) is 8.42 Å². The third kappa shape index (κ3) is 5.92. The minimum absolute atomic E-state index is 0.0431. The van der Waals surface area contributed by atoms with Gasteiger partial charge in [-0.15, -0.1) is 0 Å². The molecule has 2 aromatic carbocycles. The summed E-state index contributed by atoms with van der Waals surface area (Å²) in [7, 11) is -4.01. The normalized spacial score (nSPS) is 15.3. The van der Waals surface area contributed by atoms with E-state index >= 15 is 0 Å². The summed E-state index contributed by atoms with van der Waals surface area (Å²) in [5.74, 6) is -0.323. The van der Waals surface area contributed by atoms with Crippen LogP contribution in [0.25, 0.3) is 0 Å². The van der Waals surface area contributed by atoms with Gasteiger partial charge in [0.05, 0.1) is 29.6 Å². The van der Waals surface area contributed by atoms with Crippen molar-refractivity contribution in [2.24, 2.45) is 0 Å². The lowest BCUT2D eigenvalue weighted by molar-refractivity contribution is -0.127. The van der Waals surface area contributed by atoms with Crippen molar-refractivity contribution in [2.75, 3.05) is 47.8 Å². The Hall–Kier alpha value is -2.33. The quantitative estimate of drug-likeness (QED) is 0.566. The fraction of sp³-hybridized carbons (Fsp3) is 0.409. The number of rotatable bonds is 9. The molecule has 2 N–H and O–H groups in total. The van der Waals surface area contributed by atoms with E-state index in [0.29, 0.717) is 50.7 Å². The number of benzene rings is 2. The molecule has 1 heterocycles. The smallest absolute Gasteiger partial charge is 0.264 e. The third-order valence-corrected chi connectivity index (χ3v) is 6.74. The molecule has 2 aromatic rings. The summed E-state index contributed by atoms with van der Waals surface area (Å²) >= 11 is 6.16. The number of anilines is 3. The molecule has 1 amide bonds. The largest absolute Gasteiger partial charge is 0.378 e. The highest BCUT2D eigenvalue weighted by Gasteiger charge is 2.26. The number of halogens is 1. The van der Waals surface area contributed by atoms with Crippen molar-refractivity contribution in [3.05, 3.63) is 47.5 Å². The average molecular weight is 482 g/mol. The first-order chi connectivity index (χ1) is 15.4. The Kier molecular flexibility index (Phi) is 8.36. The van der Waals surface area contributed by atoms with E-state index in [1.165, 1.54) is 6.07 Å². The zero-order chi connectivity index (χ0) is 23.1. The fourth-order valence-electron chi connectivity index (χ4n) is 3.42. The first-order valence-electron chi connectivity index (χ1n) is 10.5. The Morgan fingerprint density at radius 1 is 1.19 bits per heavy atom. The van der Waals surface area contributed by atoms with Gasteiger partial charge in [0.25, 0.3) is 15.9 Å². The number of carbonyl (C=O) groups is 1. The predicted molar refractivity (Wildman–Crippen MR) is 126 cm³/mol. The highest BCUT2D eigenvalue weighted by atomic mass is 35.5. The predicted octanol–water partition coefficient (Wildman–Crippen LogP) is 3.73. The van der Waals surface area contributed by atoms with Crippen molar-refractivity contribution >= 4 is 44.6 Å². The maximum absolute atomic E-state index is 13.4. The molecule has 32 heavy (non-hydrogen) atoms. The topological polar surface area (TPSA) is 97.0 Å². The molecule has 1 unspecified atom stereocenters. The number of ether oxygens (including phenoxy) is 2. The first-order valence-corrected chi connectivity index (χ1v) is 12.4. The van der Waals surface area contributed by atoms with Crippen LogP contribution in [0.1, 0.15) is 20.3 Å². The van der Waals surface area contributed by atoms with Crippen molar-refractivity contribution in [3.63, 3.8) is 0 Å². The Morgan fingerprint density at radius 2 is 1.91 bits per heavy atom. The Labute approximate surface area is 193 Å². The van der Waals surface area contributed by atoms with Crippen LogP contribution in [0.4, 0.5) is 17.1 Å². The highest BCUT2D eigenvalue weighted by molar-refractivity contribution is 7.93. The first kappa shape index (κ1) is 24.3. The van der Waals surface area contributed by atoms with E-state index in [1.54, 1.807) is 36.4 Å². The Balaban J connectivity index is 1.97. The molecule has 0 radical (unpaired) electrons. The van der Waals surface area contributed by atoms with Gasteiger partial charge in [-0.3, -0.25) is 9.52 Å². The van der Waals surface area contributed by atoms with Crippen LogP contribution in [0.5, 0.6) is 0 Å². The molecule has 1 saturated heterocycles. The van der Waals surface area contributed by atoms with Gasteiger partial charge in [-0.2, -0.15) is 0 Å². The second-order valence-electron chi connectivity index (χ2n) is 7.21. The lowest BCUT2D eigenvalue weighted by atomic mass is 10.2. The maximum Gasteiger partial charge on any atom is 0.264 e. The van der Waals surface area contributed by atoms with Crippen LogP contribution in [0.2, 0.25) is 5.02 Å². The van der Waals surface area contributed by atoms with Crippen LogP contribution in [-0.4, -0.2) is 53.3 Å². The molecule has 1 aliphatic heterocycles. The molecule has 8 nitrogen and oxygen atoms in total. The van der Waals surface area contributed by atoms with Gasteiger partial charge >= 0.3 is 0 Å². The molecular weight excluding hydrogens is 454 g/mol. The number of sulfonamides is 1. The van der Waals surface area contributed by atoms with Gasteiger partial charge in [-0.1, -0.05) is 30.7 Å². The molecule has 1 fully saturated rings. The number of morpholine rings is 1. The second kappa shape index (κ2) is 11.0. The summed E-state index contributed by atoms with van der Waals surface area (Å²) in [5, 5.41) is 3.06. The van der Waals surface area contributed by atoms with Crippen LogP contribution in [0.3, 0.4) is 0 Å². The third-order valence-electron chi connectivity index (χ3n) is 5.02. The second-order valence-corrected chi connectivity index (χ2v) is 9.27. The summed E-state index contributed by atoms with van der Waals surface area (Å²) in [6, 6.07) is 11.5. The fourth-order valence-corrected chi connectivity index (χ4v) is 4.99. The number of carbonyl (C=O) groups excluding carboxylic acids is 1. The number of hydrogen-bond donors (Lipinski definition) is 2. The van der Waals surface area contributed by atoms with Crippen molar-refractivity contribution in [2.45, 2.75) is 31.3 Å². The maximum atomic E-state index is 13.4. The van der Waals surface area contributed by atoms with Crippen molar-refractivity contribution < 1.29 is 22.7 Å². The molecule has 10 heteroatoms. The van der Waals surface area contributed by atoms with E-state index in [2.05, 4.69) is 10.0 Å². The number of nitrogens with zero attached hydrogens (tertiary/aromatic N) is 1. The molecule has 0 aliphatic carbocycles. The Morgan fingerprint density at radius 3 is 2.56 bits per heavy atom. The molecule has 1 atom stereocenters.